The minimum Gasteiger partial charge on any atom is -0.456 e. The molecule has 0 amide bonds. The molecule has 0 radical (unpaired) electrons. The zero-order chi connectivity index (χ0) is 42.6. The molecule has 172 valence electrons. The highest BCUT2D eigenvalue weighted by atomic mass is 16.3. The van der Waals surface area contributed by atoms with Crippen molar-refractivity contribution in [2.45, 2.75) is 0 Å². The molecular formula is C36H22O. The molecule has 0 saturated heterocycles. The summed E-state index contributed by atoms with van der Waals surface area (Å²) in [5, 5.41) is -3.31. The van der Waals surface area contributed by atoms with E-state index < -0.39 is 182 Å². The molecule has 1 heteroatoms. The Hall–Kier alpha value is -4.88. The number of rotatable bonds is 2. The summed E-state index contributed by atoms with van der Waals surface area (Å²) in [6.07, 6.45) is 0. The van der Waals surface area contributed by atoms with Crippen molar-refractivity contribution in [1.82, 2.24) is 0 Å². The van der Waals surface area contributed by atoms with E-state index >= 15 is 0 Å². The van der Waals surface area contributed by atoms with Crippen molar-refractivity contribution >= 4 is 54.3 Å². The van der Waals surface area contributed by atoms with Crippen molar-refractivity contribution in [3.63, 3.8) is 0 Å². The Morgan fingerprint density at radius 2 is 1.08 bits per heavy atom. The van der Waals surface area contributed by atoms with Gasteiger partial charge >= 0.3 is 0 Å². The molecule has 0 saturated carbocycles. The van der Waals surface area contributed by atoms with Gasteiger partial charge in [-0.3, -0.25) is 0 Å². The molecule has 0 aliphatic carbocycles. The Kier molecular flexibility index (Phi) is 1.82. The summed E-state index contributed by atoms with van der Waals surface area (Å²) in [6, 6.07) is -15.3. The van der Waals surface area contributed by atoms with Crippen molar-refractivity contribution in [2.24, 2.45) is 0 Å². The van der Waals surface area contributed by atoms with Gasteiger partial charge in [-0.25, -0.2) is 0 Å². The van der Waals surface area contributed by atoms with E-state index in [0.29, 0.717) is 0 Å². The van der Waals surface area contributed by atoms with Crippen LogP contribution < -0.4 is 0 Å². The van der Waals surface area contributed by atoms with Crippen LogP contribution in [0.2, 0.25) is 0 Å². The fraction of sp³-hybridized carbons (Fsp3) is 0. The lowest BCUT2D eigenvalue weighted by atomic mass is 9.85. The Bertz CT molecular complexity index is 3270. The zero-order valence-electron chi connectivity index (χ0n) is 39.5. The molecule has 0 spiro atoms. The highest BCUT2D eigenvalue weighted by molar-refractivity contribution is 6.28. The summed E-state index contributed by atoms with van der Waals surface area (Å²) >= 11 is 0. The number of furan rings is 1. The van der Waals surface area contributed by atoms with Crippen molar-refractivity contribution in [1.29, 1.82) is 0 Å². The van der Waals surface area contributed by atoms with Gasteiger partial charge in [-0.05, 0) is 66.7 Å². The Morgan fingerprint density at radius 3 is 1.92 bits per heavy atom. The summed E-state index contributed by atoms with van der Waals surface area (Å²) in [6.45, 7) is 0. The van der Waals surface area contributed by atoms with Gasteiger partial charge in [0, 0.05) is 10.8 Å². The quantitative estimate of drug-likeness (QED) is 0.219. The molecule has 0 N–H and O–H groups in total. The average Bonchev–Trinajstić information content (AvgIpc) is 3.59. The molecule has 8 rings (SSSR count). The molecule has 0 atom stereocenters. The number of hydrogen-bond donors (Lipinski definition) is 0. The monoisotopic (exact) mass is 491 g/mol. The fourth-order valence-corrected chi connectivity index (χ4v) is 4.77. The lowest BCUT2D eigenvalue weighted by molar-refractivity contribution is 0.669. The van der Waals surface area contributed by atoms with Crippen molar-refractivity contribution < 1.29 is 33.2 Å². The van der Waals surface area contributed by atoms with E-state index in [1.54, 1.807) is 0 Å². The van der Waals surface area contributed by atoms with Gasteiger partial charge in [0.25, 0.3) is 0 Å². The van der Waals surface area contributed by atoms with E-state index in [9.17, 15) is 5.48 Å². The number of benzene rings is 7. The molecule has 0 bridgehead atoms. The highest BCUT2D eigenvalue weighted by Crippen LogP contribution is 2.47. The fourth-order valence-electron chi connectivity index (χ4n) is 4.77. The standard InChI is InChI=1S/C36H22O/c1-2-12-24(13-3-1)33-26-15-6-8-17-28(26)34(29-18-9-7-16-27(29)33)30-19-10-20-31-36(30)35-25-14-5-4-11-23(25)21-22-32(35)37-31/h1-22H/i1D,2D,3D,4D,5D,6D,7D,8D,9D,10D,11D,12D,13D,14D,15D,16D,17D,19D,20D,21D,22D. The second-order valence-corrected chi connectivity index (χ2v) is 8.09. The lowest BCUT2D eigenvalue weighted by Gasteiger charge is -2.18. The predicted molar refractivity (Wildman–Crippen MR) is 157 cm³/mol. The van der Waals surface area contributed by atoms with Crippen LogP contribution in [0.4, 0.5) is 0 Å². The third-order valence-electron chi connectivity index (χ3n) is 6.21. The number of hydrogen-bond acceptors (Lipinski definition) is 1. The van der Waals surface area contributed by atoms with Crippen LogP contribution in [-0.2, 0) is 0 Å². The summed E-state index contributed by atoms with van der Waals surface area (Å²) in [4.78, 5) is 0. The minimum atomic E-state index is -0.859. The maximum atomic E-state index is 9.39. The molecule has 8 aromatic rings. The van der Waals surface area contributed by atoms with Crippen LogP contribution in [0.5, 0.6) is 0 Å². The largest absolute Gasteiger partial charge is 0.456 e. The van der Waals surface area contributed by atoms with Gasteiger partial charge in [-0.2, -0.15) is 0 Å². The van der Waals surface area contributed by atoms with Crippen molar-refractivity contribution in [2.75, 3.05) is 0 Å². The van der Waals surface area contributed by atoms with Gasteiger partial charge in [0.15, 0.2) is 0 Å². The van der Waals surface area contributed by atoms with E-state index in [-0.39, 0.29) is 21.5 Å². The lowest BCUT2D eigenvalue weighted by Crippen LogP contribution is -1.91. The van der Waals surface area contributed by atoms with E-state index in [1.807, 2.05) is 0 Å². The molecule has 0 aliphatic rings. The Morgan fingerprint density at radius 1 is 0.432 bits per heavy atom. The van der Waals surface area contributed by atoms with Gasteiger partial charge in [-0.15, -0.1) is 0 Å². The molecule has 1 nitrogen and oxygen atoms in total. The molecule has 1 aromatic heterocycles. The van der Waals surface area contributed by atoms with E-state index in [4.69, 9.17) is 27.7 Å². The molecule has 0 fully saturated rings. The zero-order valence-corrected chi connectivity index (χ0v) is 18.5. The first-order valence-electron chi connectivity index (χ1n) is 21.5. The van der Waals surface area contributed by atoms with E-state index in [2.05, 4.69) is 0 Å². The predicted octanol–water partition coefficient (Wildman–Crippen LogP) is 10.4. The highest BCUT2D eigenvalue weighted by Gasteiger charge is 2.20. The molecule has 1 heterocycles. The minimum absolute atomic E-state index is 0.318. The average molecular weight is 492 g/mol. The summed E-state index contributed by atoms with van der Waals surface area (Å²) in [5.74, 6) is 0. The first kappa shape index (κ1) is 8.61. The van der Waals surface area contributed by atoms with Gasteiger partial charge in [0.2, 0.25) is 0 Å². The summed E-state index contributed by atoms with van der Waals surface area (Å²) in [5.41, 5.74) is -3.02. The maximum absolute atomic E-state index is 9.39. The molecule has 7 aromatic carbocycles. The van der Waals surface area contributed by atoms with Gasteiger partial charge in [-0.1, -0.05) is 121 Å². The Balaban J connectivity index is 1.82. The normalized spacial score (nSPS) is 19.7. The summed E-state index contributed by atoms with van der Waals surface area (Å²) in [7, 11) is 0. The second-order valence-electron chi connectivity index (χ2n) is 8.09. The third kappa shape index (κ3) is 2.92. The Labute approximate surface area is 243 Å². The first-order valence-corrected chi connectivity index (χ1v) is 11.0. The van der Waals surface area contributed by atoms with Crippen LogP contribution in [0.3, 0.4) is 0 Å². The van der Waals surface area contributed by atoms with Crippen LogP contribution in [0.15, 0.2) is 137 Å². The van der Waals surface area contributed by atoms with Crippen molar-refractivity contribution in [3.05, 3.63) is 133 Å². The second kappa shape index (κ2) is 7.81. The van der Waals surface area contributed by atoms with Crippen LogP contribution >= 0.6 is 0 Å². The smallest absolute Gasteiger partial charge is 0.136 e. The third-order valence-corrected chi connectivity index (χ3v) is 6.21. The topological polar surface area (TPSA) is 13.1 Å². The first-order chi connectivity index (χ1) is 27.1. The van der Waals surface area contributed by atoms with Crippen LogP contribution in [-0.4, -0.2) is 0 Å². The van der Waals surface area contributed by atoms with E-state index in [0.717, 1.165) is 6.07 Å². The molecular weight excluding hydrogens is 448 g/mol. The summed E-state index contributed by atoms with van der Waals surface area (Å²) < 4.78 is 190. The van der Waals surface area contributed by atoms with Crippen LogP contribution in [0, 0.1) is 0 Å². The number of fused-ring (bicyclic) bond motifs is 7. The molecule has 0 aliphatic heterocycles. The molecule has 0 unspecified atom stereocenters. The van der Waals surface area contributed by atoms with Gasteiger partial charge in [0.05, 0.1) is 28.8 Å². The molecule has 37 heavy (non-hydrogen) atoms. The SMILES string of the molecule is [2H]c1cc2c(-c3c([2H])c([2H])c([2H])c4oc5c([2H])c([2H])c6c([2H])c([2H])c([2H])c([2H])c6c5c34)c3c([2H])c([2H])c([2H])c([2H])c3c(-c3c([2H])c([2H])c([2H])c([2H])c3[2H])c2c([2H])c1[2H]. The van der Waals surface area contributed by atoms with Gasteiger partial charge in [0.1, 0.15) is 11.2 Å². The van der Waals surface area contributed by atoms with Crippen LogP contribution in [0.1, 0.15) is 28.8 Å². The van der Waals surface area contributed by atoms with E-state index in [1.165, 1.54) is 0 Å². The van der Waals surface area contributed by atoms with Gasteiger partial charge < -0.3 is 4.42 Å². The van der Waals surface area contributed by atoms with Crippen molar-refractivity contribution in [3.8, 4) is 22.3 Å². The maximum Gasteiger partial charge on any atom is 0.136 e. The van der Waals surface area contributed by atoms with Crippen LogP contribution in [0.25, 0.3) is 76.5 Å².